The number of ether oxygens (including phenoxy) is 5. The van der Waals surface area contributed by atoms with Crippen molar-refractivity contribution in [2.75, 3.05) is 25.6 Å². The van der Waals surface area contributed by atoms with Gasteiger partial charge in [-0.1, -0.05) is 80.3 Å². The maximum Gasteiger partial charge on any atom is 0.192 e. The second kappa shape index (κ2) is 20.2. The van der Waals surface area contributed by atoms with Gasteiger partial charge in [-0.2, -0.15) is 0 Å². The summed E-state index contributed by atoms with van der Waals surface area (Å²) in [6.45, 7) is 39.8. The predicted octanol–water partition coefficient (Wildman–Crippen LogP) is 10.9. The van der Waals surface area contributed by atoms with Crippen LogP contribution in [0.15, 0.2) is 65.6 Å². The molecule has 0 saturated carbocycles. The Kier molecular flexibility index (Phi) is 16.6. The first-order valence-corrected chi connectivity index (χ1v) is 30.2. The lowest BCUT2D eigenvalue weighted by Gasteiger charge is -2.42. The van der Waals surface area contributed by atoms with Gasteiger partial charge in [0, 0.05) is 25.2 Å². The molecule has 0 N–H and O–H groups in total. The number of hydrogen-bond acceptors (Lipinski definition) is 9. The smallest absolute Gasteiger partial charge is 0.192 e. The Bertz CT molecular complexity index is 1720. The average molecular weight is 889 g/mol. The molecule has 1 aromatic rings. The quantitative estimate of drug-likeness (QED) is 0.0993. The van der Waals surface area contributed by atoms with E-state index in [9.17, 15) is 8.42 Å². The van der Waals surface area contributed by atoms with Gasteiger partial charge in [-0.15, -0.1) is 0 Å². The molecule has 4 heterocycles. The summed E-state index contributed by atoms with van der Waals surface area (Å²) in [6.07, 6.45) is 6.35. The summed E-state index contributed by atoms with van der Waals surface area (Å²) in [6, 6.07) is 7.34. The summed E-state index contributed by atoms with van der Waals surface area (Å²) in [5.74, 6) is -0.239. The van der Waals surface area contributed by atoms with Crippen LogP contribution < -0.4 is 0 Å². The van der Waals surface area contributed by atoms with Crippen molar-refractivity contribution in [1.29, 1.82) is 0 Å². The van der Waals surface area contributed by atoms with Crippen LogP contribution in [0.25, 0.3) is 0 Å². The van der Waals surface area contributed by atoms with E-state index in [2.05, 4.69) is 94.4 Å². The zero-order valence-corrected chi connectivity index (χ0v) is 41.9. The minimum atomic E-state index is -3.60. The Morgan fingerprint density at radius 3 is 2.00 bits per heavy atom. The molecule has 1 aromatic carbocycles. The van der Waals surface area contributed by atoms with Crippen LogP contribution in [0, 0.1) is 5.92 Å². The highest BCUT2D eigenvalue weighted by Gasteiger charge is 2.46. The summed E-state index contributed by atoms with van der Waals surface area (Å²) < 4.78 is 73.7. The van der Waals surface area contributed by atoms with E-state index in [0.717, 1.165) is 60.8 Å². The van der Waals surface area contributed by atoms with E-state index in [4.69, 9.17) is 32.5 Å². The fourth-order valence-corrected chi connectivity index (χ4v) is 12.4. The highest BCUT2D eigenvalue weighted by atomic mass is 32.2. The monoisotopic (exact) mass is 889 g/mol. The molecular formula is C48H80O9SSi2. The molecule has 340 valence electrons. The van der Waals surface area contributed by atoms with Gasteiger partial charge in [0.15, 0.2) is 32.8 Å². The van der Waals surface area contributed by atoms with Gasteiger partial charge in [-0.05, 0) is 116 Å². The Morgan fingerprint density at radius 1 is 0.783 bits per heavy atom. The van der Waals surface area contributed by atoms with E-state index in [1.807, 2.05) is 12.1 Å². The summed E-state index contributed by atoms with van der Waals surface area (Å²) in [5.41, 5.74) is 4.10. The first-order valence-electron chi connectivity index (χ1n) is 22.7. The van der Waals surface area contributed by atoms with Crippen LogP contribution >= 0.6 is 0 Å². The highest BCUT2D eigenvalue weighted by molar-refractivity contribution is 7.91. The predicted molar refractivity (Wildman–Crippen MR) is 247 cm³/mol. The van der Waals surface area contributed by atoms with E-state index < -0.39 is 26.5 Å². The first kappa shape index (κ1) is 49.6. The second-order valence-corrected chi connectivity index (χ2v) is 32.7. The normalized spacial score (nSPS) is 28.2. The fourth-order valence-electron chi connectivity index (χ4n) is 8.39. The van der Waals surface area contributed by atoms with Crippen molar-refractivity contribution in [3.8, 4) is 0 Å². The second-order valence-electron chi connectivity index (χ2n) is 21.1. The molecule has 0 spiro atoms. The van der Waals surface area contributed by atoms with Gasteiger partial charge in [0.1, 0.15) is 0 Å². The Labute approximate surface area is 366 Å². The molecular weight excluding hydrogens is 809 g/mol. The zero-order chi connectivity index (χ0) is 44.3. The SMILES string of the molecule is C=C1C[C@H](CC[C@@H]2O[C@@H](CCC3OCCO3)CC2=C)O[C@H](C[C@@H]2O[C@H](C[C@@H](CO[Si](C)(C)C(C)(C)C)O[Si](C)(C)C(C)(C)C)C[C@H]2CS(=O)(=O)c2ccc(CC)cc2)C1=C. The van der Waals surface area contributed by atoms with Crippen molar-refractivity contribution in [3.63, 3.8) is 0 Å². The van der Waals surface area contributed by atoms with Gasteiger partial charge in [-0.25, -0.2) is 8.42 Å². The summed E-state index contributed by atoms with van der Waals surface area (Å²) >= 11 is 0. The van der Waals surface area contributed by atoms with Crippen LogP contribution in [0.1, 0.15) is 112 Å². The Hall–Kier alpha value is -1.46. The van der Waals surface area contributed by atoms with Crippen molar-refractivity contribution >= 4 is 26.5 Å². The molecule has 60 heavy (non-hydrogen) atoms. The van der Waals surface area contributed by atoms with Crippen molar-refractivity contribution in [2.24, 2.45) is 5.92 Å². The molecule has 8 atom stereocenters. The molecule has 4 fully saturated rings. The van der Waals surface area contributed by atoms with E-state index in [1.54, 1.807) is 12.1 Å². The lowest BCUT2D eigenvalue weighted by molar-refractivity contribution is -0.0643. The Morgan fingerprint density at radius 2 is 1.38 bits per heavy atom. The number of rotatable bonds is 19. The van der Waals surface area contributed by atoms with Crippen LogP contribution in [0.4, 0.5) is 0 Å². The van der Waals surface area contributed by atoms with Crippen molar-refractivity contribution in [3.05, 3.63) is 66.3 Å². The van der Waals surface area contributed by atoms with E-state index in [0.29, 0.717) is 50.4 Å². The van der Waals surface area contributed by atoms with Crippen LogP contribution in [0.5, 0.6) is 0 Å². The van der Waals surface area contributed by atoms with Gasteiger partial charge in [0.05, 0.1) is 73.2 Å². The molecule has 0 radical (unpaired) electrons. The standard InChI is InChI=1S/C48H80O9SSi2/c1-15-36-16-20-42(21-17-36)58(49,50)32-37-28-40(29-41(57-60(13,14)48(8,9)10)31-53-59(11,12)47(5,6)7)56-45(37)30-44-35(4)33(2)26-38(55-44)18-22-43-34(3)27-39(54-43)19-23-46-51-24-25-52-46/h16-17,20-21,37-41,43-46H,2-4,15,18-19,22-32H2,1,5-14H3/t37-,38-,39-,40-,41-,43-,44+,45-/m0/s1. The van der Waals surface area contributed by atoms with Crippen LogP contribution in [-0.4, -0.2) is 99.6 Å². The molecule has 0 aromatic heterocycles. The molecule has 0 amide bonds. The molecule has 0 unspecified atom stereocenters. The zero-order valence-electron chi connectivity index (χ0n) is 39.1. The van der Waals surface area contributed by atoms with Gasteiger partial charge < -0.3 is 32.5 Å². The summed E-state index contributed by atoms with van der Waals surface area (Å²) in [5, 5.41) is 0.0742. The lowest BCUT2D eigenvalue weighted by Crippen LogP contribution is -2.48. The summed E-state index contributed by atoms with van der Waals surface area (Å²) in [4.78, 5) is 0.355. The summed E-state index contributed by atoms with van der Waals surface area (Å²) in [7, 11) is -7.86. The Balaban J connectivity index is 1.30. The van der Waals surface area contributed by atoms with E-state index in [-0.39, 0.29) is 70.8 Å². The van der Waals surface area contributed by atoms with Gasteiger partial charge >= 0.3 is 0 Å². The number of benzene rings is 1. The molecule has 0 bridgehead atoms. The third-order valence-electron chi connectivity index (χ3n) is 14.4. The molecule has 9 nitrogen and oxygen atoms in total. The topological polar surface area (TPSA) is 98.8 Å². The van der Waals surface area contributed by atoms with Crippen molar-refractivity contribution in [2.45, 2.75) is 203 Å². The van der Waals surface area contributed by atoms with Crippen molar-refractivity contribution in [1.82, 2.24) is 0 Å². The van der Waals surface area contributed by atoms with Gasteiger partial charge in [-0.3, -0.25) is 0 Å². The molecule has 4 saturated heterocycles. The van der Waals surface area contributed by atoms with Crippen LogP contribution in [-0.2, 0) is 48.8 Å². The van der Waals surface area contributed by atoms with E-state index >= 15 is 0 Å². The molecule has 4 aliphatic heterocycles. The van der Waals surface area contributed by atoms with E-state index in [1.165, 1.54) is 0 Å². The number of sulfone groups is 1. The maximum atomic E-state index is 14.1. The third kappa shape index (κ3) is 13.1. The third-order valence-corrected chi connectivity index (χ3v) is 25.3. The van der Waals surface area contributed by atoms with Crippen molar-refractivity contribution < 1.29 is 41.0 Å². The number of aryl methyl sites for hydroxylation is 1. The van der Waals surface area contributed by atoms with Gasteiger partial charge in [0.25, 0.3) is 0 Å². The molecule has 5 rings (SSSR count). The minimum Gasteiger partial charge on any atom is -0.414 e. The lowest BCUT2D eigenvalue weighted by atomic mass is 9.87. The van der Waals surface area contributed by atoms with Crippen LogP contribution in [0.2, 0.25) is 36.3 Å². The largest absolute Gasteiger partial charge is 0.414 e. The fraction of sp³-hybridized carbons (Fsp3) is 0.750. The number of hydrogen-bond donors (Lipinski definition) is 0. The van der Waals surface area contributed by atoms with Gasteiger partial charge in [0.2, 0.25) is 0 Å². The average Bonchev–Trinajstić information content (AvgIpc) is 3.90. The van der Waals surface area contributed by atoms with Crippen LogP contribution in [0.3, 0.4) is 0 Å². The maximum absolute atomic E-state index is 14.1. The first-order chi connectivity index (χ1) is 27.9. The minimum absolute atomic E-state index is 0.00126. The molecule has 4 aliphatic rings. The molecule has 0 aliphatic carbocycles. The highest BCUT2D eigenvalue weighted by Crippen LogP contribution is 2.43. The molecule has 12 heteroatoms.